The third-order valence-corrected chi connectivity index (χ3v) is 6.19. The molecule has 1 aliphatic carbocycles. The monoisotopic (exact) mass is 376 g/mol. The Morgan fingerprint density at radius 2 is 2.00 bits per heavy atom. The fraction of sp³-hybridized carbons (Fsp3) is 0.412. The predicted octanol–water partition coefficient (Wildman–Crippen LogP) is 1.81. The number of carbonyl (C=O) groups is 1. The summed E-state index contributed by atoms with van der Waals surface area (Å²) in [5.74, 6) is 0.983. The summed E-state index contributed by atoms with van der Waals surface area (Å²) in [5, 5.41) is 0. The van der Waals surface area contributed by atoms with Gasteiger partial charge in [0.25, 0.3) is 0 Å². The zero-order chi connectivity index (χ0) is 18.3. The number of carbonyl (C=O) groups excluding carboxylic acids is 1. The van der Waals surface area contributed by atoms with Crippen molar-refractivity contribution >= 4 is 21.8 Å². The minimum Gasteiger partial charge on any atom is -0.447 e. The van der Waals surface area contributed by atoms with Crippen molar-refractivity contribution in [3.8, 4) is 0 Å². The summed E-state index contributed by atoms with van der Waals surface area (Å²) in [7, 11) is -1.84. The fourth-order valence-corrected chi connectivity index (χ4v) is 4.40. The Kier molecular flexibility index (Phi) is 4.20. The number of nitrogens with one attached hydrogen (secondary N) is 1. The molecule has 2 fully saturated rings. The van der Waals surface area contributed by atoms with E-state index in [1.165, 1.54) is 17.0 Å². The van der Waals surface area contributed by atoms with Crippen molar-refractivity contribution in [3.63, 3.8) is 0 Å². The van der Waals surface area contributed by atoms with Crippen molar-refractivity contribution in [1.82, 2.24) is 14.3 Å². The Morgan fingerprint density at radius 3 is 2.54 bits per heavy atom. The molecule has 1 saturated heterocycles. The second-order valence-corrected chi connectivity index (χ2v) is 8.31. The van der Waals surface area contributed by atoms with Crippen LogP contribution in [0.3, 0.4) is 0 Å². The van der Waals surface area contributed by atoms with Gasteiger partial charge in [0, 0.05) is 25.1 Å². The number of hydrogen-bond donors (Lipinski definition) is 1. The van der Waals surface area contributed by atoms with Crippen LogP contribution in [0.4, 0.5) is 10.5 Å². The van der Waals surface area contributed by atoms with Crippen LogP contribution in [0.15, 0.2) is 41.6 Å². The molecule has 1 atom stereocenters. The molecule has 2 aromatic rings. The fourth-order valence-electron chi connectivity index (χ4n) is 3.13. The normalized spacial score (nSPS) is 18.8. The second kappa shape index (κ2) is 6.40. The van der Waals surface area contributed by atoms with Gasteiger partial charge in [0.15, 0.2) is 0 Å². The van der Waals surface area contributed by atoms with Crippen molar-refractivity contribution in [1.29, 1.82) is 0 Å². The van der Waals surface area contributed by atoms with Gasteiger partial charge in [-0.2, -0.15) is 0 Å². The number of cyclic esters (lactones) is 1. The highest BCUT2D eigenvalue weighted by molar-refractivity contribution is 7.89. The third kappa shape index (κ3) is 3.19. The van der Waals surface area contributed by atoms with Crippen LogP contribution in [0.25, 0.3) is 0 Å². The molecule has 8 nitrogen and oxygen atoms in total. The van der Waals surface area contributed by atoms with Crippen LogP contribution in [-0.2, 0) is 21.8 Å². The first-order valence-corrected chi connectivity index (χ1v) is 9.98. The van der Waals surface area contributed by atoms with Crippen LogP contribution in [0.1, 0.15) is 24.7 Å². The van der Waals surface area contributed by atoms with Gasteiger partial charge >= 0.3 is 6.09 Å². The molecule has 1 N–H and O–H groups in total. The highest BCUT2D eigenvalue weighted by Gasteiger charge is 2.37. The van der Waals surface area contributed by atoms with Crippen LogP contribution in [0.2, 0.25) is 0 Å². The van der Waals surface area contributed by atoms with Gasteiger partial charge < -0.3 is 9.30 Å². The topological polar surface area (TPSA) is 93.5 Å². The van der Waals surface area contributed by atoms with E-state index in [0.29, 0.717) is 24.7 Å². The van der Waals surface area contributed by atoms with E-state index in [9.17, 15) is 13.2 Å². The molecule has 1 amide bonds. The molecule has 1 aromatic carbocycles. The van der Waals surface area contributed by atoms with Gasteiger partial charge in [-0.3, -0.25) is 4.90 Å². The number of anilines is 1. The predicted molar refractivity (Wildman–Crippen MR) is 94.1 cm³/mol. The van der Waals surface area contributed by atoms with Crippen molar-refractivity contribution < 1.29 is 17.9 Å². The average molecular weight is 376 g/mol. The maximum Gasteiger partial charge on any atom is 0.414 e. The van der Waals surface area contributed by atoms with Crippen LogP contribution in [0.5, 0.6) is 0 Å². The van der Waals surface area contributed by atoms with Crippen LogP contribution in [0, 0.1) is 5.92 Å². The van der Waals surface area contributed by atoms with Crippen molar-refractivity contribution in [2.24, 2.45) is 13.0 Å². The molecule has 138 valence electrons. The number of aromatic nitrogens is 2. The molecule has 26 heavy (non-hydrogen) atoms. The maximum absolute atomic E-state index is 12.8. The minimum atomic E-state index is -3.70. The van der Waals surface area contributed by atoms with E-state index in [1.807, 2.05) is 17.8 Å². The summed E-state index contributed by atoms with van der Waals surface area (Å²) < 4.78 is 35.2. The molecule has 0 bridgehead atoms. The molecule has 1 unspecified atom stereocenters. The molecule has 9 heteroatoms. The highest BCUT2D eigenvalue weighted by Crippen LogP contribution is 2.41. The summed E-state index contributed by atoms with van der Waals surface area (Å²) in [6.07, 6.45) is 5.03. The van der Waals surface area contributed by atoms with Crippen molar-refractivity contribution in [3.05, 3.63) is 42.5 Å². The summed E-state index contributed by atoms with van der Waals surface area (Å²) in [5.41, 5.74) is 0.620. The number of benzene rings is 1. The largest absolute Gasteiger partial charge is 0.447 e. The van der Waals surface area contributed by atoms with Crippen molar-refractivity contribution in [2.75, 3.05) is 18.1 Å². The Balaban J connectivity index is 1.56. The first-order valence-electron chi connectivity index (χ1n) is 8.49. The number of imidazole rings is 1. The van der Waals surface area contributed by atoms with Crippen LogP contribution < -0.4 is 9.62 Å². The van der Waals surface area contributed by atoms with E-state index in [2.05, 4.69) is 9.71 Å². The average Bonchev–Trinajstić information content (AvgIpc) is 3.24. The number of aryl methyl sites for hydroxylation is 1. The van der Waals surface area contributed by atoms with E-state index in [0.717, 1.165) is 12.8 Å². The Bertz CT molecular complexity index is 918. The number of amides is 1. The molecule has 4 rings (SSSR count). The van der Waals surface area contributed by atoms with Gasteiger partial charge in [-0.15, -0.1) is 0 Å². The summed E-state index contributed by atoms with van der Waals surface area (Å²) >= 11 is 0. The molecule has 2 aliphatic rings. The molecule has 1 saturated carbocycles. The minimum absolute atomic E-state index is 0.161. The Morgan fingerprint density at radius 1 is 1.27 bits per heavy atom. The van der Waals surface area contributed by atoms with Gasteiger partial charge in [0.05, 0.1) is 17.5 Å². The van der Waals surface area contributed by atoms with E-state index in [1.54, 1.807) is 18.3 Å². The maximum atomic E-state index is 12.8. The Hall–Kier alpha value is -2.39. The van der Waals surface area contributed by atoms with E-state index < -0.39 is 16.1 Å². The zero-order valence-electron chi connectivity index (χ0n) is 14.3. The van der Waals surface area contributed by atoms with Gasteiger partial charge in [0.1, 0.15) is 12.4 Å². The molecule has 1 aliphatic heterocycles. The zero-order valence-corrected chi connectivity index (χ0v) is 15.1. The summed E-state index contributed by atoms with van der Waals surface area (Å²) in [6.45, 7) is 0.805. The lowest BCUT2D eigenvalue weighted by atomic mass is 10.2. The molecular formula is C17H20N4O4S. The second-order valence-electron chi connectivity index (χ2n) is 6.59. The molecule has 0 radical (unpaired) electrons. The molecule has 0 spiro atoms. The molecular weight excluding hydrogens is 356 g/mol. The van der Waals surface area contributed by atoms with E-state index in [4.69, 9.17) is 4.74 Å². The van der Waals surface area contributed by atoms with Gasteiger partial charge in [-0.1, -0.05) is 0 Å². The van der Waals surface area contributed by atoms with E-state index >= 15 is 0 Å². The highest BCUT2D eigenvalue weighted by atomic mass is 32.2. The third-order valence-electron chi connectivity index (χ3n) is 4.73. The van der Waals surface area contributed by atoms with Crippen LogP contribution in [-0.4, -0.2) is 37.2 Å². The number of nitrogens with zero attached hydrogens (tertiary/aromatic N) is 3. The Labute approximate surface area is 151 Å². The first kappa shape index (κ1) is 17.0. The smallest absolute Gasteiger partial charge is 0.414 e. The lowest BCUT2D eigenvalue weighted by Crippen LogP contribution is -2.31. The SMILES string of the molecule is Cn1ccnc1C(NS(=O)(=O)c1ccc(N2CCOC2=O)cc1)C1CC1. The lowest BCUT2D eigenvalue weighted by molar-refractivity contribution is 0.181. The number of ether oxygens (including phenoxy) is 1. The molecule has 2 heterocycles. The quantitative estimate of drug-likeness (QED) is 0.830. The van der Waals surface area contributed by atoms with Gasteiger partial charge in [-0.05, 0) is 43.0 Å². The van der Waals surface area contributed by atoms with E-state index in [-0.39, 0.29) is 16.9 Å². The van der Waals surface area contributed by atoms with Crippen LogP contribution >= 0.6 is 0 Å². The van der Waals surface area contributed by atoms with Crippen molar-refractivity contribution in [2.45, 2.75) is 23.8 Å². The summed E-state index contributed by atoms with van der Waals surface area (Å²) in [4.78, 5) is 17.6. The lowest BCUT2D eigenvalue weighted by Gasteiger charge is -2.19. The number of hydrogen-bond acceptors (Lipinski definition) is 5. The van der Waals surface area contributed by atoms with Gasteiger partial charge in [-0.25, -0.2) is 22.9 Å². The first-order chi connectivity index (χ1) is 12.5. The standard InChI is InChI=1S/C17H20N4O4S/c1-20-9-8-18-16(20)15(12-2-3-12)19-26(23,24)14-6-4-13(5-7-14)21-10-11-25-17(21)22/h4-9,12,15,19H,2-3,10-11H2,1H3. The van der Waals surface area contributed by atoms with Gasteiger partial charge in [0.2, 0.25) is 10.0 Å². The molecule has 1 aromatic heterocycles. The number of rotatable bonds is 6. The number of sulfonamides is 1. The summed E-state index contributed by atoms with van der Waals surface area (Å²) in [6, 6.07) is 5.91.